The summed E-state index contributed by atoms with van der Waals surface area (Å²) in [5.41, 5.74) is 0.786. The number of amides is 2. The molecule has 2 aromatic rings. The second kappa shape index (κ2) is 7.65. The van der Waals surface area contributed by atoms with E-state index in [-0.39, 0.29) is 24.2 Å². The summed E-state index contributed by atoms with van der Waals surface area (Å²) in [5.74, 6) is 0.212. The standard InChI is InChI=1S/C18H21N3O3S/c1-3-8-24-15-6-4-14(5-7-15)21-11-13(9-16(21)22)17(23)20-18-19-10-12(2)25-18/h4-7,10,13H,3,8-9,11H2,1-2H3,(H,19,20,23). The Kier molecular flexibility index (Phi) is 5.33. The molecule has 1 aromatic heterocycles. The monoisotopic (exact) mass is 359 g/mol. The molecule has 1 N–H and O–H groups in total. The van der Waals surface area contributed by atoms with E-state index in [0.717, 1.165) is 22.7 Å². The first kappa shape index (κ1) is 17.4. The number of rotatable bonds is 6. The molecule has 0 bridgehead atoms. The number of hydrogen-bond acceptors (Lipinski definition) is 5. The lowest BCUT2D eigenvalue weighted by atomic mass is 10.1. The molecule has 1 aliphatic heterocycles. The lowest BCUT2D eigenvalue weighted by molar-refractivity contribution is -0.122. The van der Waals surface area contributed by atoms with Gasteiger partial charge in [-0.15, -0.1) is 11.3 Å². The number of benzene rings is 1. The summed E-state index contributed by atoms with van der Waals surface area (Å²) >= 11 is 1.43. The van der Waals surface area contributed by atoms with Crippen LogP contribution in [0.3, 0.4) is 0 Å². The van der Waals surface area contributed by atoms with Gasteiger partial charge in [-0.25, -0.2) is 4.98 Å². The minimum absolute atomic E-state index is 0.0438. The molecule has 0 spiro atoms. The third-order valence-corrected chi connectivity index (χ3v) is 4.80. The third-order valence-electron chi connectivity index (χ3n) is 3.97. The summed E-state index contributed by atoms with van der Waals surface area (Å²) in [6.07, 6.45) is 2.88. The zero-order valence-corrected chi connectivity index (χ0v) is 15.1. The molecular weight excluding hydrogens is 338 g/mol. The van der Waals surface area contributed by atoms with E-state index in [1.807, 2.05) is 31.2 Å². The maximum Gasteiger partial charge on any atom is 0.231 e. The maximum atomic E-state index is 12.4. The highest BCUT2D eigenvalue weighted by Gasteiger charge is 2.35. The molecule has 3 rings (SSSR count). The number of aromatic nitrogens is 1. The molecule has 0 radical (unpaired) electrons. The van der Waals surface area contributed by atoms with Gasteiger partial charge in [0.25, 0.3) is 0 Å². The van der Waals surface area contributed by atoms with Crippen molar-refractivity contribution in [2.45, 2.75) is 26.7 Å². The average molecular weight is 359 g/mol. The van der Waals surface area contributed by atoms with Crippen LogP contribution in [0.2, 0.25) is 0 Å². The topological polar surface area (TPSA) is 71.5 Å². The largest absolute Gasteiger partial charge is 0.494 e. The second-order valence-corrected chi connectivity index (χ2v) is 7.25. The van der Waals surface area contributed by atoms with Gasteiger partial charge in [0.15, 0.2) is 5.13 Å². The van der Waals surface area contributed by atoms with E-state index in [2.05, 4.69) is 17.2 Å². The molecular formula is C18H21N3O3S. The molecule has 2 heterocycles. The molecule has 132 valence electrons. The number of thiazole rings is 1. The Bertz CT molecular complexity index is 757. The fourth-order valence-corrected chi connectivity index (χ4v) is 3.36. The Balaban J connectivity index is 1.62. The van der Waals surface area contributed by atoms with Crippen molar-refractivity contribution < 1.29 is 14.3 Å². The number of nitrogens with one attached hydrogen (secondary N) is 1. The van der Waals surface area contributed by atoms with Gasteiger partial charge in [0.1, 0.15) is 5.75 Å². The highest BCUT2D eigenvalue weighted by molar-refractivity contribution is 7.15. The van der Waals surface area contributed by atoms with Crippen LogP contribution in [0.15, 0.2) is 30.5 Å². The first-order valence-electron chi connectivity index (χ1n) is 8.33. The summed E-state index contributed by atoms with van der Waals surface area (Å²) in [7, 11) is 0. The minimum Gasteiger partial charge on any atom is -0.494 e. The maximum absolute atomic E-state index is 12.4. The van der Waals surface area contributed by atoms with Gasteiger partial charge in [-0.05, 0) is 37.6 Å². The number of anilines is 2. The quantitative estimate of drug-likeness (QED) is 0.859. The van der Waals surface area contributed by atoms with E-state index in [1.165, 1.54) is 11.3 Å². The Morgan fingerprint density at radius 1 is 1.40 bits per heavy atom. The van der Waals surface area contributed by atoms with Crippen molar-refractivity contribution in [3.63, 3.8) is 0 Å². The number of nitrogens with zero attached hydrogens (tertiary/aromatic N) is 2. The van der Waals surface area contributed by atoms with Gasteiger partial charge in [-0.2, -0.15) is 0 Å². The van der Waals surface area contributed by atoms with Crippen molar-refractivity contribution in [2.75, 3.05) is 23.4 Å². The van der Waals surface area contributed by atoms with Gasteiger partial charge in [0.05, 0.1) is 12.5 Å². The van der Waals surface area contributed by atoms with Gasteiger partial charge in [0, 0.05) is 29.7 Å². The lowest BCUT2D eigenvalue weighted by Gasteiger charge is -2.17. The molecule has 6 nitrogen and oxygen atoms in total. The van der Waals surface area contributed by atoms with Crippen molar-refractivity contribution in [1.82, 2.24) is 4.98 Å². The Morgan fingerprint density at radius 2 is 2.16 bits per heavy atom. The summed E-state index contributed by atoms with van der Waals surface area (Å²) in [6, 6.07) is 7.41. The summed E-state index contributed by atoms with van der Waals surface area (Å²) in [5, 5.41) is 3.37. The second-order valence-electron chi connectivity index (χ2n) is 6.01. The van der Waals surface area contributed by atoms with E-state index in [0.29, 0.717) is 18.3 Å². The predicted molar refractivity (Wildman–Crippen MR) is 98.2 cm³/mol. The summed E-state index contributed by atoms with van der Waals surface area (Å²) < 4.78 is 5.55. The van der Waals surface area contributed by atoms with Crippen molar-refractivity contribution >= 4 is 34.0 Å². The molecule has 25 heavy (non-hydrogen) atoms. The van der Waals surface area contributed by atoms with Crippen LogP contribution in [0.5, 0.6) is 5.75 Å². The van der Waals surface area contributed by atoms with Crippen LogP contribution in [-0.2, 0) is 9.59 Å². The first-order valence-corrected chi connectivity index (χ1v) is 9.15. The fourth-order valence-electron chi connectivity index (χ4n) is 2.69. The molecule has 1 atom stereocenters. The van der Waals surface area contributed by atoms with E-state index >= 15 is 0 Å². The van der Waals surface area contributed by atoms with Gasteiger partial charge in [-0.3, -0.25) is 9.59 Å². The van der Waals surface area contributed by atoms with Crippen LogP contribution >= 0.6 is 11.3 Å². The van der Waals surface area contributed by atoms with Gasteiger partial charge >= 0.3 is 0 Å². The molecule has 1 aliphatic rings. The predicted octanol–water partition coefficient (Wildman–Crippen LogP) is 3.23. The molecule has 2 amide bonds. The van der Waals surface area contributed by atoms with Crippen LogP contribution in [-0.4, -0.2) is 29.9 Å². The Morgan fingerprint density at radius 3 is 2.80 bits per heavy atom. The molecule has 1 unspecified atom stereocenters. The smallest absolute Gasteiger partial charge is 0.231 e. The van der Waals surface area contributed by atoms with E-state index in [9.17, 15) is 9.59 Å². The van der Waals surface area contributed by atoms with Crippen LogP contribution in [0, 0.1) is 12.8 Å². The number of hydrogen-bond donors (Lipinski definition) is 1. The van der Waals surface area contributed by atoms with Crippen molar-refractivity contribution in [3.05, 3.63) is 35.3 Å². The number of ether oxygens (including phenoxy) is 1. The molecule has 1 aromatic carbocycles. The third kappa shape index (κ3) is 4.17. The zero-order chi connectivity index (χ0) is 17.8. The number of carbonyl (C=O) groups is 2. The number of carbonyl (C=O) groups excluding carboxylic acids is 2. The zero-order valence-electron chi connectivity index (χ0n) is 14.3. The van der Waals surface area contributed by atoms with E-state index in [4.69, 9.17) is 4.74 Å². The van der Waals surface area contributed by atoms with Crippen molar-refractivity contribution in [1.29, 1.82) is 0 Å². The first-order chi connectivity index (χ1) is 12.1. The van der Waals surface area contributed by atoms with E-state index in [1.54, 1.807) is 11.1 Å². The highest BCUT2D eigenvalue weighted by Crippen LogP contribution is 2.28. The normalized spacial score (nSPS) is 17.0. The van der Waals surface area contributed by atoms with Crippen LogP contribution < -0.4 is 15.0 Å². The molecule has 1 fully saturated rings. The van der Waals surface area contributed by atoms with Gasteiger partial charge in [0.2, 0.25) is 11.8 Å². The van der Waals surface area contributed by atoms with Gasteiger partial charge < -0.3 is 15.0 Å². The summed E-state index contributed by atoms with van der Waals surface area (Å²) in [6.45, 7) is 5.03. The minimum atomic E-state index is -0.368. The summed E-state index contributed by atoms with van der Waals surface area (Å²) in [4.78, 5) is 31.5. The number of aryl methyl sites for hydroxylation is 1. The molecule has 0 aliphatic carbocycles. The van der Waals surface area contributed by atoms with Crippen LogP contribution in [0.1, 0.15) is 24.6 Å². The van der Waals surface area contributed by atoms with Gasteiger partial charge in [-0.1, -0.05) is 6.92 Å². The average Bonchev–Trinajstić information content (AvgIpc) is 3.19. The SMILES string of the molecule is CCCOc1ccc(N2CC(C(=O)Nc3ncc(C)s3)CC2=O)cc1. The van der Waals surface area contributed by atoms with Crippen molar-refractivity contribution in [2.24, 2.45) is 5.92 Å². The lowest BCUT2D eigenvalue weighted by Crippen LogP contribution is -2.28. The Hall–Kier alpha value is -2.41. The van der Waals surface area contributed by atoms with E-state index < -0.39 is 0 Å². The molecule has 7 heteroatoms. The molecule has 0 saturated carbocycles. The van der Waals surface area contributed by atoms with Crippen molar-refractivity contribution in [3.8, 4) is 5.75 Å². The van der Waals surface area contributed by atoms with Crippen LogP contribution in [0.4, 0.5) is 10.8 Å². The fraction of sp³-hybridized carbons (Fsp3) is 0.389. The Labute approximate surface area is 150 Å². The van der Waals surface area contributed by atoms with Crippen LogP contribution in [0.25, 0.3) is 0 Å². The molecule has 1 saturated heterocycles. The highest BCUT2D eigenvalue weighted by atomic mass is 32.1.